The second-order valence-corrected chi connectivity index (χ2v) is 9.19. The van der Waals surface area contributed by atoms with Gasteiger partial charge in [0.15, 0.2) is 0 Å². The lowest BCUT2D eigenvalue weighted by molar-refractivity contribution is 0.0923. The van der Waals surface area contributed by atoms with E-state index in [1.165, 1.54) is 17.7 Å². The molecule has 1 saturated carbocycles. The molecule has 1 aromatic heterocycles. The van der Waals surface area contributed by atoms with Gasteiger partial charge in [-0.25, -0.2) is 8.42 Å². The maximum Gasteiger partial charge on any atom is 0.251 e. The van der Waals surface area contributed by atoms with E-state index in [1.54, 1.807) is 35.6 Å². The van der Waals surface area contributed by atoms with E-state index < -0.39 is 10.0 Å². The number of carbonyl (C=O) groups is 1. The van der Waals surface area contributed by atoms with Gasteiger partial charge in [-0.15, -0.1) is 11.3 Å². The molecule has 1 aromatic carbocycles. The van der Waals surface area contributed by atoms with Crippen LogP contribution in [-0.4, -0.2) is 20.6 Å². The Morgan fingerprint density at radius 1 is 1.20 bits per heavy atom. The minimum Gasteiger partial charge on any atom is -0.344 e. The van der Waals surface area contributed by atoms with E-state index in [0.29, 0.717) is 17.2 Å². The maximum atomic E-state index is 12.7. The highest BCUT2D eigenvalue weighted by Crippen LogP contribution is 2.37. The molecule has 1 aliphatic carbocycles. The van der Waals surface area contributed by atoms with Crippen LogP contribution in [0.15, 0.2) is 41.8 Å². The van der Waals surface area contributed by atoms with Crippen molar-refractivity contribution in [1.82, 2.24) is 5.32 Å². The molecule has 5 nitrogen and oxygen atoms in total. The molecule has 25 heavy (non-hydrogen) atoms. The van der Waals surface area contributed by atoms with Crippen LogP contribution in [0.2, 0.25) is 0 Å². The Kier molecular flexibility index (Phi) is 5.44. The van der Waals surface area contributed by atoms with Crippen molar-refractivity contribution in [1.29, 1.82) is 0 Å². The molecule has 1 heterocycles. The van der Waals surface area contributed by atoms with Crippen LogP contribution in [0.25, 0.3) is 0 Å². The van der Waals surface area contributed by atoms with Crippen molar-refractivity contribution in [3.63, 3.8) is 0 Å². The number of nitrogens with one attached hydrogen (secondary N) is 2. The highest BCUT2D eigenvalue weighted by molar-refractivity contribution is 7.92. The largest absolute Gasteiger partial charge is 0.344 e. The first-order valence-corrected chi connectivity index (χ1v) is 11.1. The van der Waals surface area contributed by atoms with Crippen LogP contribution in [0.4, 0.5) is 5.69 Å². The van der Waals surface area contributed by atoms with Gasteiger partial charge in [0.05, 0.1) is 12.3 Å². The number of anilines is 1. The van der Waals surface area contributed by atoms with Crippen LogP contribution in [-0.2, 0) is 10.0 Å². The fraction of sp³-hybridized carbons (Fsp3) is 0.389. The van der Waals surface area contributed by atoms with Gasteiger partial charge < -0.3 is 5.32 Å². The van der Waals surface area contributed by atoms with E-state index in [4.69, 9.17) is 0 Å². The van der Waals surface area contributed by atoms with Crippen LogP contribution in [0.5, 0.6) is 0 Å². The molecule has 1 unspecified atom stereocenters. The Labute approximate surface area is 152 Å². The summed E-state index contributed by atoms with van der Waals surface area (Å²) in [5, 5.41) is 5.19. The van der Waals surface area contributed by atoms with Crippen LogP contribution in [0, 0.1) is 5.92 Å². The molecule has 1 aliphatic rings. The summed E-state index contributed by atoms with van der Waals surface area (Å²) < 4.78 is 25.2. The fourth-order valence-electron chi connectivity index (χ4n) is 3.34. The fourth-order valence-corrected chi connectivity index (χ4v) is 4.77. The highest BCUT2D eigenvalue weighted by Gasteiger charge is 2.28. The normalized spacial score (nSPS) is 16.5. The van der Waals surface area contributed by atoms with Gasteiger partial charge in [-0.3, -0.25) is 9.52 Å². The molecule has 7 heteroatoms. The lowest BCUT2D eigenvalue weighted by Crippen LogP contribution is -2.32. The number of sulfonamides is 1. The van der Waals surface area contributed by atoms with E-state index in [2.05, 4.69) is 16.1 Å². The van der Waals surface area contributed by atoms with E-state index in [1.807, 2.05) is 11.4 Å². The lowest BCUT2D eigenvalue weighted by Gasteiger charge is -2.24. The number of benzene rings is 1. The Morgan fingerprint density at radius 2 is 1.96 bits per heavy atom. The van der Waals surface area contributed by atoms with Gasteiger partial charge in [-0.1, -0.05) is 25.0 Å². The van der Waals surface area contributed by atoms with Crippen LogP contribution >= 0.6 is 11.3 Å². The summed E-state index contributed by atoms with van der Waals surface area (Å²) in [4.78, 5) is 13.9. The molecule has 1 atom stereocenters. The first-order valence-electron chi connectivity index (χ1n) is 8.34. The summed E-state index contributed by atoms with van der Waals surface area (Å²) >= 11 is 1.66. The van der Waals surface area contributed by atoms with E-state index in [-0.39, 0.29) is 11.9 Å². The highest BCUT2D eigenvalue weighted by atomic mass is 32.2. The van der Waals surface area contributed by atoms with Crippen LogP contribution in [0.3, 0.4) is 0 Å². The first-order chi connectivity index (χ1) is 11.9. The summed E-state index contributed by atoms with van der Waals surface area (Å²) in [7, 11) is -3.37. The zero-order chi connectivity index (χ0) is 17.9. The van der Waals surface area contributed by atoms with E-state index in [9.17, 15) is 13.2 Å². The molecule has 1 amide bonds. The molecule has 134 valence electrons. The summed E-state index contributed by atoms with van der Waals surface area (Å²) in [5.74, 6) is 0.280. The SMILES string of the molecule is CS(=O)(=O)Nc1cccc(C(=O)NC(c2cccs2)C2CCCC2)c1. The minimum absolute atomic E-state index is 0.0153. The first kappa shape index (κ1) is 17.9. The standard InChI is InChI=1S/C18H22N2O3S2/c1-25(22,23)20-15-9-4-8-14(12-15)18(21)19-17(13-6-2-3-7-13)16-10-5-11-24-16/h4-5,8-13,17,20H,2-3,6-7H2,1H3,(H,19,21). The molecule has 2 N–H and O–H groups in total. The average Bonchev–Trinajstić information content (AvgIpc) is 3.24. The van der Waals surface area contributed by atoms with Gasteiger partial charge in [0.1, 0.15) is 0 Å². The van der Waals surface area contributed by atoms with Crippen LogP contribution in [0.1, 0.15) is 47.0 Å². The maximum absolute atomic E-state index is 12.7. The summed E-state index contributed by atoms with van der Waals surface area (Å²) in [6.07, 6.45) is 5.75. The predicted molar refractivity (Wildman–Crippen MR) is 101 cm³/mol. The Morgan fingerprint density at radius 3 is 2.60 bits per heavy atom. The van der Waals surface area contributed by atoms with E-state index >= 15 is 0 Å². The summed E-state index contributed by atoms with van der Waals surface area (Å²) in [6.45, 7) is 0. The molecule has 0 radical (unpaired) electrons. The van der Waals surface area contributed by atoms with E-state index in [0.717, 1.165) is 19.1 Å². The number of thiophene rings is 1. The van der Waals surface area contributed by atoms with Gasteiger partial charge in [0.2, 0.25) is 10.0 Å². The van der Waals surface area contributed by atoms with Gasteiger partial charge in [-0.2, -0.15) is 0 Å². The second-order valence-electron chi connectivity index (χ2n) is 6.47. The summed E-state index contributed by atoms with van der Waals surface area (Å²) in [5.41, 5.74) is 0.844. The van der Waals surface area contributed by atoms with Gasteiger partial charge in [-0.05, 0) is 48.4 Å². The number of rotatable bonds is 6. The van der Waals surface area contributed by atoms with Crippen molar-refractivity contribution in [2.45, 2.75) is 31.7 Å². The third-order valence-electron chi connectivity index (χ3n) is 4.44. The van der Waals surface area contributed by atoms with Crippen molar-refractivity contribution in [3.8, 4) is 0 Å². The van der Waals surface area contributed by atoms with Gasteiger partial charge in [0.25, 0.3) is 5.91 Å². The smallest absolute Gasteiger partial charge is 0.251 e. The number of hydrogen-bond donors (Lipinski definition) is 2. The third kappa shape index (κ3) is 4.83. The molecule has 0 bridgehead atoms. The summed E-state index contributed by atoms with van der Waals surface area (Å²) in [6, 6.07) is 10.7. The van der Waals surface area contributed by atoms with Gasteiger partial charge in [0, 0.05) is 16.1 Å². The molecule has 2 aromatic rings. The third-order valence-corrected chi connectivity index (χ3v) is 6.00. The Hall–Kier alpha value is -1.86. The quantitative estimate of drug-likeness (QED) is 0.803. The zero-order valence-corrected chi connectivity index (χ0v) is 15.7. The molecule has 1 fully saturated rings. The van der Waals surface area contributed by atoms with Crippen molar-refractivity contribution in [3.05, 3.63) is 52.2 Å². The number of hydrogen-bond acceptors (Lipinski definition) is 4. The lowest BCUT2D eigenvalue weighted by atomic mass is 9.96. The number of carbonyl (C=O) groups excluding carboxylic acids is 1. The number of amides is 1. The molecular weight excluding hydrogens is 356 g/mol. The van der Waals surface area contributed by atoms with Crippen molar-refractivity contribution in [2.75, 3.05) is 11.0 Å². The predicted octanol–water partition coefficient (Wildman–Crippen LogP) is 3.78. The Balaban J connectivity index is 1.78. The van der Waals surface area contributed by atoms with Gasteiger partial charge >= 0.3 is 0 Å². The topological polar surface area (TPSA) is 75.3 Å². The monoisotopic (exact) mass is 378 g/mol. The molecule has 0 spiro atoms. The van der Waals surface area contributed by atoms with Crippen LogP contribution < -0.4 is 10.0 Å². The van der Waals surface area contributed by atoms with Crippen molar-refractivity contribution < 1.29 is 13.2 Å². The Bertz CT molecular complexity index is 826. The zero-order valence-electron chi connectivity index (χ0n) is 14.1. The molecule has 3 rings (SSSR count). The second kappa shape index (κ2) is 7.58. The van der Waals surface area contributed by atoms with Crippen molar-refractivity contribution >= 4 is 33.0 Å². The minimum atomic E-state index is -3.37. The molecule has 0 aliphatic heterocycles. The molecular formula is C18H22N2O3S2. The molecule has 0 saturated heterocycles. The average molecular weight is 379 g/mol. The van der Waals surface area contributed by atoms with Crippen molar-refractivity contribution in [2.24, 2.45) is 5.92 Å².